The first-order valence-corrected chi connectivity index (χ1v) is 6.38. The largest absolute Gasteiger partial charge is 0.480 e. The van der Waals surface area contributed by atoms with Gasteiger partial charge in [-0.15, -0.1) is 0 Å². The Balaban J connectivity index is 2.90. The monoisotopic (exact) mass is 290 g/mol. The number of nitriles is 1. The van der Waals surface area contributed by atoms with Gasteiger partial charge in [0, 0.05) is 7.05 Å². The second-order valence-corrected chi connectivity index (χ2v) is 5.13. The Kier molecular flexibility index (Phi) is 4.93. The van der Waals surface area contributed by atoms with E-state index in [1.54, 1.807) is 24.3 Å². The maximum Gasteiger partial charge on any atom is 0.329 e. The molecule has 0 fully saturated rings. The molecule has 0 heterocycles. The van der Waals surface area contributed by atoms with Crippen LogP contribution in [0.15, 0.2) is 24.3 Å². The zero-order valence-corrected chi connectivity index (χ0v) is 12.5. The predicted molar refractivity (Wildman–Crippen MR) is 75.7 cm³/mol. The van der Waals surface area contributed by atoms with Crippen LogP contribution in [-0.2, 0) is 9.59 Å². The van der Waals surface area contributed by atoms with Gasteiger partial charge < -0.3 is 14.7 Å². The number of rotatable bonds is 5. The van der Waals surface area contributed by atoms with Crippen LogP contribution in [-0.4, -0.2) is 40.6 Å². The third-order valence-electron chi connectivity index (χ3n) is 3.35. The number of para-hydroxylation sites is 1. The highest BCUT2D eigenvalue weighted by Crippen LogP contribution is 2.20. The Labute approximate surface area is 123 Å². The van der Waals surface area contributed by atoms with E-state index in [1.807, 2.05) is 6.07 Å². The molecule has 1 unspecified atom stereocenters. The minimum atomic E-state index is -1.34. The van der Waals surface area contributed by atoms with E-state index in [0.717, 1.165) is 4.90 Å². The van der Waals surface area contributed by atoms with Crippen LogP contribution in [0, 0.1) is 11.3 Å². The van der Waals surface area contributed by atoms with Crippen LogP contribution in [0.1, 0.15) is 26.3 Å². The summed E-state index contributed by atoms with van der Waals surface area (Å²) in [5.74, 6) is -1.29. The predicted octanol–water partition coefficient (Wildman–Crippen LogP) is 1.65. The van der Waals surface area contributed by atoms with Gasteiger partial charge in [-0.1, -0.05) is 12.1 Å². The molecule has 6 nitrogen and oxygen atoms in total. The van der Waals surface area contributed by atoms with Gasteiger partial charge in [0.1, 0.15) is 17.4 Å². The fraction of sp³-hybridized carbons (Fsp3) is 0.400. The van der Waals surface area contributed by atoms with Crippen molar-refractivity contribution in [1.29, 1.82) is 5.26 Å². The number of aliphatic carboxylic acids is 1. The third-order valence-corrected chi connectivity index (χ3v) is 3.35. The molecule has 1 atom stereocenters. The molecule has 0 saturated carbocycles. The van der Waals surface area contributed by atoms with E-state index in [4.69, 9.17) is 15.1 Å². The molecule has 1 aromatic carbocycles. The lowest BCUT2D eigenvalue weighted by molar-refractivity contribution is -0.157. The highest BCUT2D eigenvalue weighted by molar-refractivity contribution is 5.88. The highest BCUT2D eigenvalue weighted by atomic mass is 16.5. The molecule has 0 aromatic heterocycles. The molecule has 0 aliphatic heterocycles. The molecule has 0 spiro atoms. The summed E-state index contributed by atoms with van der Waals surface area (Å²) in [5, 5.41) is 18.1. The topological polar surface area (TPSA) is 90.6 Å². The van der Waals surface area contributed by atoms with Crippen LogP contribution in [0.3, 0.4) is 0 Å². The number of nitrogens with zero attached hydrogens (tertiary/aromatic N) is 2. The van der Waals surface area contributed by atoms with E-state index >= 15 is 0 Å². The van der Waals surface area contributed by atoms with Gasteiger partial charge >= 0.3 is 5.97 Å². The van der Waals surface area contributed by atoms with Gasteiger partial charge in [0.15, 0.2) is 6.10 Å². The van der Waals surface area contributed by atoms with Crippen LogP contribution in [0.5, 0.6) is 5.75 Å². The van der Waals surface area contributed by atoms with Gasteiger partial charge in [-0.2, -0.15) is 5.26 Å². The summed E-state index contributed by atoms with van der Waals surface area (Å²) in [5.41, 5.74) is -1.03. The standard InChI is InChI=1S/C15H18N2O4/c1-10(13(18)17(4)15(2,3)14(19)20)21-12-8-6-5-7-11(12)9-16/h5-8,10H,1-4H3,(H,19,20). The molecule has 6 heteroatoms. The number of benzene rings is 1. The second-order valence-electron chi connectivity index (χ2n) is 5.13. The van der Waals surface area contributed by atoms with Gasteiger partial charge in [0.05, 0.1) is 5.56 Å². The van der Waals surface area contributed by atoms with Crippen molar-refractivity contribution < 1.29 is 19.4 Å². The number of carboxylic acid groups (broad SMARTS) is 1. The molecule has 112 valence electrons. The number of hydrogen-bond donors (Lipinski definition) is 1. The molecule has 0 bridgehead atoms. The Hall–Kier alpha value is -2.55. The number of likely N-dealkylation sites (N-methyl/N-ethyl adjacent to an activating group) is 1. The van der Waals surface area contributed by atoms with Crippen LogP contribution >= 0.6 is 0 Å². The number of carbonyl (C=O) groups is 2. The lowest BCUT2D eigenvalue weighted by Gasteiger charge is -2.33. The van der Waals surface area contributed by atoms with Crippen molar-refractivity contribution in [2.24, 2.45) is 0 Å². The highest BCUT2D eigenvalue weighted by Gasteiger charge is 2.37. The first-order valence-electron chi connectivity index (χ1n) is 6.38. The smallest absolute Gasteiger partial charge is 0.329 e. The minimum Gasteiger partial charge on any atom is -0.480 e. The van der Waals surface area contributed by atoms with Gasteiger partial charge in [0.2, 0.25) is 0 Å². The Bertz CT molecular complexity index is 590. The molecular weight excluding hydrogens is 272 g/mol. The first-order chi connectivity index (χ1) is 9.71. The number of amides is 1. The molecule has 1 aromatic rings. The SMILES string of the molecule is CC(Oc1ccccc1C#N)C(=O)N(C)C(C)(C)C(=O)O. The lowest BCUT2D eigenvalue weighted by atomic mass is 10.0. The summed E-state index contributed by atoms with van der Waals surface area (Å²) in [6.07, 6.45) is -0.900. The van der Waals surface area contributed by atoms with E-state index in [1.165, 1.54) is 27.8 Å². The third kappa shape index (κ3) is 3.51. The summed E-state index contributed by atoms with van der Waals surface area (Å²) in [4.78, 5) is 24.5. The number of hydrogen-bond acceptors (Lipinski definition) is 4. The zero-order chi connectivity index (χ0) is 16.2. The van der Waals surface area contributed by atoms with E-state index in [2.05, 4.69) is 0 Å². The quantitative estimate of drug-likeness (QED) is 0.890. The first kappa shape index (κ1) is 16.5. The second kappa shape index (κ2) is 6.27. The van der Waals surface area contributed by atoms with Crippen molar-refractivity contribution >= 4 is 11.9 Å². The van der Waals surface area contributed by atoms with Gasteiger partial charge in [-0.25, -0.2) is 4.79 Å². The molecule has 0 aliphatic rings. The van der Waals surface area contributed by atoms with Crippen LogP contribution < -0.4 is 4.74 Å². The summed E-state index contributed by atoms with van der Waals surface area (Å²) >= 11 is 0. The fourth-order valence-corrected chi connectivity index (χ4v) is 1.59. The molecule has 0 radical (unpaired) electrons. The molecule has 0 saturated heterocycles. The van der Waals surface area contributed by atoms with Gasteiger partial charge in [0.25, 0.3) is 5.91 Å². The van der Waals surface area contributed by atoms with Gasteiger partial charge in [-0.3, -0.25) is 4.79 Å². The van der Waals surface area contributed by atoms with Crippen molar-refractivity contribution in [2.75, 3.05) is 7.05 Å². The molecular formula is C15H18N2O4. The zero-order valence-electron chi connectivity index (χ0n) is 12.5. The fourth-order valence-electron chi connectivity index (χ4n) is 1.59. The number of carboxylic acids is 1. The number of ether oxygens (including phenoxy) is 1. The maximum atomic E-state index is 12.3. The van der Waals surface area contributed by atoms with E-state index in [0.29, 0.717) is 11.3 Å². The van der Waals surface area contributed by atoms with Gasteiger partial charge in [-0.05, 0) is 32.9 Å². The summed E-state index contributed by atoms with van der Waals surface area (Å²) in [6.45, 7) is 4.39. The van der Waals surface area contributed by atoms with E-state index < -0.39 is 23.5 Å². The summed E-state index contributed by atoms with van der Waals surface area (Å²) < 4.78 is 5.49. The Morgan fingerprint density at radius 3 is 2.48 bits per heavy atom. The van der Waals surface area contributed by atoms with E-state index in [9.17, 15) is 9.59 Å². The Morgan fingerprint density at radius 1 is 1.38 bits per heavy atom. The average molecular weight is 290 g/mol. The molecule has 21 heavy (non-hydrogen) atoms. The molecule has 1 amide bonds. The van der Waals surface area contributed by atoms with E-state index in [-0.39, 0.29) is 0 Å². The minimum absolute atomic E-state index is 0.294. The average Bonchev–Trinajstić information content (AvgIpc) is 2.45. The van der Waals surface area contributed by atoms with Crippen molar-refractivity contribution in [3.05, 3.63) is 29.8 Å². The summed E-state index contributed by atoms with van der Waals surface area (Å²) in [6, 6.07) is 8.53. The van der Waals surface area contributed by atoms with Crippen molar-refractivity contribution in [3.63, 3.8) is 0 Å². The Morgan fingerprint density at radius 2 is 1.95 bits per heavy atom. The lowest BCUT2D eigenvalue weighted by Crippen LogP contribution is -2.54. The molecule has 0 aliphatic carbocycles. The van der Waals surface area contributed by atoms with Crippen LogP contribution in [0.2, 0.25) is 0 Å². The maximum absolute atomic E-state index is 12.3. The molecule has 1 N–H and O–H groups in total. The summed E-state index contributed by atoms with van der Waals surface area (Å²) in [7, 11) is 1.41. The van der Waals surface area contributed by atoms with Crippen molar-refractivity contribution in [1.82, 2.24) is 4.90 Å². The van der Waals surface area contributed by atoms with Crippen molar-refractivity contribution in [3.8, 4) is 11.8 Å². The normalized spacial score (nSPS) is 12.1. The van der Waals surface area contributed by atoms with Crippen LogP contribution in [0.4, 0.5) is 0 Å². The number of carbonyl (C=O) groups excluding carboxylic acids is 1. The van der Waals surface area contributed by atoms with Crippen LogP contribution in [0.25, 0.3) is 0 Å². The van der Waals surface area contributed by atoms with Crippen molar-refractivity contribution in [2.45, 2.75) is 32.4 Å². The molecule has 1 rings (SSSR count).